The summed E-state index contributed by atoms with van der Waals surface area (Å²) in [6.45, 7) is 6.74. The molecule has 2 unspecified atom stereocenters. The van der Waals surface area contributed by atoms with E-state index in [1.807, 2.05) is 33.8 Å². The molecule has 4 heterocycles. The van der Waals surface area contributed by atoms with E-state index in [4.69, 9.17) is 15.2 Å². The summed E-state index contributed by atoms with van der Waals surface area (Å²) < 4.78 is 9.11. The van der Waals surface area contributed by atoms with Gasteiger partial charge in [-0.3, -0.25) is 14.4 Å². The lowest BCUT2D eigenvalue weighted by atomic mass is 9.95. The molecule has 39 heavy (non-hydrogen) atoms. The predicted molar refractivity (Wildman–Crippen MR) is 152 cm³/mol. The molecule has 0 saturated carbocycles. The third-order valence-corrected chi connectivity index (χ3v) is 12.2. The first kappa shape index (κ1) is 28.5. The molecular formula is C25H29IN4O7S2. The molecule has 5 rings (SSSR count). The summed E-state index contributed by atoms with van der Waals surface area (Å²) in [6.07, 6.45) is 0. The number of carbonyl (C=O) groups is 5. The summed E-state index contributed by atoms with van der Waals surface area (Å²) in [5.74, 6) is -2.37. The number of rotatable bonds is 7. The van der Waals surface area contributed by atoms with Gasteiger partial charge in [-0.25, -0.2) is 9.59 Å². The fourth-order valence-corrected chi connectivity index (χ4v) is 9.70. The van der Waals surface area contributed by atoms with Gasteiger partial charge in [-0.2, -0.15) is 0 Å². The van der Waals surface area contributed by atoms with Crippen LogP contribution in [0.25, 0.3) is 0 Å². The number of nitrogens with two attached hydrogens (primary N) is 1. The van der Waals surface area contributed by atoms with Gasteiger partial charge in [-0.1, -0.05) is 52.9 Å². The summed E-state index contributed by atoms with van der Waals surface area (Å²) >= 11 is 5.00. The predicted octanol–water partition coefficient (Wildman–Crippen LogP) is 1.14. The molecule has 4 fully saturated rings. The van der Waals surface area contributed by atoms with Gasteiger partial charge in [0.05, 0.1) is 0 Å². The zero-order valence-corrected chi connectivity index (χ0v) is 25.4. The van der Waals surface area contributed by atoms with Crippen molar-refractivity contribution >= 4 is 75.8 Å². The SMILES string of the molecule is CC1(C)S[C@@H]2C(NC(=O)C(N)c3ccccc3)C(=O)N2[C@H]1C(=O)OCOC(=O)[C@@H]1N2C(=O)[C@@H](I)[C@H]2SC1(C)C. The molecule has 14 heteroatoms. The van der Waals surface area contributed by atoms with Crippen molar-refractivity contribution in [3.8, 4) is 0 Å². The Labute approximate surface area is 247 Å². The normalized spacial score (nSPS) is 32.4. The standard InChI is InChI=1S/C25H29IN4O7S2/c1-24(2)15(29-18(32)12(26)20(29)38-24)22(34)36-10-37-23(35)16-25(3,4)39-21-14(19(33)30(16)21)28-17(31)13(27)11-8-6-5-7-9-11/h5-9,12-16,20-21H,10,27H2,1-4H3,(H,28,31)/t12-,13?,14?,15+,16+,20-,21-/m1/s1. The fraction of sp³-hybridized carbons (Fsp3) is 0.560. The lowest BCUT2D eigenvalue weighted by molar-refractivity contribution is -0.181. The van der Waals surface area contributed by atoms with Crippen LogP contribution in [0.2, 0.25) is 0 Å². The van der Waals surface area contributed by atoms with E-state index >= 15 is 0 Å². The van der Waals surface area contributed by atoms with Crippen LogP contribution < -0.4 is 11.1 Å². The summed E-state index contributed by atoms with van der Waals surface area (Å²) in [5.41, 5.74) is 6.69. The molecule has 1 aromatic rings. The molecule has 210 valence electrons. The highest BCUT2D eigenvalue weighted by Crippen LogP contribution is 2.53. The van der Waals surface area contributed by atoms with Crippen LogP contribution in [0.15, 0.2) is 30.3 Å². The first-order chi connectivity index (χ1) is 18.3. The molecule has 0 spiro atoms. The maximum Gasteiger partial charge on any atom is 0.333 e. The van der Waals surface area contributed by atoms with Gasteiger partial charge < -0.3 is 30.3 Å². The van der Waals surface area contributed by atoms with E-state index in [-0.39, 0.29) is 15.2 Å². The molecule has 11 nitrogen and oxygen atoms in total. The molecule has 4 saturated heterocycles. The molecule has 0 bridgehead atoms. The van der Waals surface area contributed by atoms with Crippen molar-refractivity contribution in [1.82, 2.24) is 15.1 Å². The van der Waals surface area contributed by atoms with Crippen molar-refractivity contribution in [3.63, 3.8) is 0 Å². The minimum absolute atomic E-state index is 0.0884. The monoisotopic (exact) mass is 688 g/mol. The maximum atomic E-state index is 13.1. The molecule has 7 atom stereocenters. The summed E-state index contributed by atoms with van der Waals surface area (Å²) in [5, 5.41) is 2.16. The smallest absolute Gasteiger partial charge is 0.333 e. The molecule has 3 amide bonds. The number of nitrogens with one attached hydrogen (secondary N) is 1. The minimum Gasteiger partial charge on any atom is -0.426 e. The van der Waals surface area contributed by atoms with Crippen LogP contribution >= 0.6 is 46.1 Å². The van der Waals surface area contributed by atoms with Crippen LogP contribution in [0.1, 0.15) is 39.3 Å². The number of benzene rings is 1. The molecule has 4 aliphatic heterocycles. The number of alkyl halides is 1. The first-order valence-electron chi connectivity index (χ1n) is 12.3. The molecule has 3 N–H and O–H groups in total. The van der Waals surface area contributed by atoms with E-state index in [1.54, 1.807) is 36.0 Å². The van der Waals surface area contributed by atoms with Crippen LogP contribution in [0.5, 0.6) is 0 Å². The van der Waals surface area contributed by atoms with Crippen LogP contribution in [-0.2, 0) is 33.4 Å². The van der Waals surface area contributed by atoms with Crippen molar-refractivity contribution in [3.05, 3.63) is 35.9 Å². The van der Waals surface area contributed by atoms with Gasteiger partial charge in [0.2, 0.25) is 24.5 Å². The number of halogens is 1. The number of β-lactam (4-membered cyclic amide) rings is 2. The third-order valence-electron chi connectivity index (χ3n) is 7.40. The van der Waals surface area contributed by atoms with E-state index in [0.29, 0.717) is 5.56 Å². The minimum atomic E-state index is -0.936. The molecule has 0 aliphatic carbocycles. The zero-order chi connectivity index (χ0) is 28.4. The highest BCUT2D eigenvalue weighted by Gasteiger charge is 2.65. The average Bonchev–Trinajstić information content (AvgIpc) is 3.31. The van der Waals surface area contributed by atoms with Crippen molar-refractivity contribution in [2.24, 2.45) is 5.73 Å². The van der Waals surface area contributed by atoms with Crippen molar-refractivity contribution < 1.29 is 33.4 Å². The van der Waals surface area contributed by atoms with Gasteiger partial charge in [0.25, 0.3) is 0 Å². The Morgan fingerprint density at radius 2 is 1.46 bits per heavy atom. The van der Waals surface area contributed by atoms with Crippen LogP contribution in [0, 0.1) is 0 Å². The van der Waals surface area contributed by atoms with Gasteiger partial charge in [-0.05, 0) is 33.3 Å². The molecule has 1 aromatic carbocycles. The molecular weight excluding hydrogens is 659 g/mol. The van der Waals surface area contributed by atoms with E-state index in [9.17, 15) is 24.0 Å². The van der Waals surface area contributed by atoms with Crippen molar-refractivity contribution in [2.75, 3.05) is 6.79 Å². The number of thioether (sulfide) groups is 2. The number of hydrogen-bond donors (Lipinski definition) is 2. The number of esters is 2. The summed E-state index contributed by atoms with van der Waals surface area (Å²) in [6, 6.07) is 5.36. The number of ether oxygens (including phenoxy) is 2. The Balaban J connectivity index is 1.17. The largest absolute Gasteiger partial charge is 0.426 e. The highest BCUT2D eigenvalue weighted by molar-refractivity contribution is 14.1. The molecule has 0 aromatic heterocycles. The average molecular weight is 689 g/mol. The summed E-state index contributed by atoms with van der Waals surface area (Å²) in [7, 11) is 0. The summed E-state index contributed by atoms with van der Waals surface area (Å²) in [4.78, 5) is 66.9. The number of carbonyl (C=O) groups excluding carboxylic acids is 5. The highest BCUT2D eigenvalue weighted by atomic mass is 127. The lowest BCUT2D eigenvalue weighted by Crippen LogP contribution is -2.71. The molecule has 0 radical (unpaired) electrons. The Hall–Kier alpha value is -2.04. The van der Waals surface area contributed by atoms with Crippen LogP contribution in [-0.4, -0.2) is 88.5 Å². The first-order valence-corrected chi connectivity index (χ1v) is 15.3. The Bertz CT molecular complexity index is 1230. The van der Waals surface area contributed by atoms with Crippen LogP contribution in [0.4, 0.5) is 0 Å². The van der Waals surface area contributed by atoms with Crippen LogP contribution in [0.3, 0.4) is 0 Å². The Morgan fingerprint density at radius 3 is 2.03 bits per heavy atom. The van der Waals surface area contributed by atoms with E-state index < -0.39 is 69.6 Å². The van der Waals surface area contributed by atoms with Gasteiger partial charge in [-0.15, -0.1) is 23.5 Å². The second-order valence-electron chi connectivity index (χ2n) is 10.8. The second-order valence-corrected chi connectivity index (χ2v) is 15.7. The maximum absolute atomic E-state index is 13.1. The number of nitrogens with zero attached hydrogens (tertiary/aromatic N) is 2. The zero-order valence-electron chi connectivity index (χ0n) is 21.7. The van der Waals surface area contributed by atoms with Gasteiger partial charge in [0, 0.05) is 9.49 Å². The van der Waals surface area contributed by atoms with Crippen molar-refractivity contribution in [2.45, 2.75) is 76.0 Å². The lowest BCUT2D eigenvalue weighted by Gasteiger charge is -2.44. The topological polar surface area (TPSA) is 148 Å². The number of amides is 3. The third kappa shape index (κ3) is 4.70. The number of fused-ring (bicyclic) bond motifs is 2. The van der Waals surface area contributed by atoms with Gasteiger partial charge in [0.15, 0.2) is 0 Å². The van der Waals surface area contributed by atoms with Gasteiger partial charge >= 0.3 is 11.9 Å². The fourth-order valence-electron chi connectivity index (χ4n) is 5.43. The molecule has 4 aliphatic rings. The Morgan fingerprint density at radius 1 is 0.949 bits per heavy atom. The van der Waals surface area contributed by atoms with E-state index in [0.717, 1.165) is 0 Å². The second kappa shape index (κ2) is 10.1. The van der Waals surface area contributed by atoms with E-state index in [2.05, 4.69) is 27.9 Å². The van der Waals surface area contributed by atoms with Gasteiger partial charge in [0.1, 0.15) is 38.8 Å². The quantitative estimate of drug-likeness (QED) is 0.141. The Kier molecular flexibility index (Phi) is 7.38. The number of hydrogen-bond acceptors (Lipinski definition) is 10. The van der Waals surface area contributed by atoms with E-state index in [1.165, 1.54) is 21.6 Å². The van der Waals surface area contributed by atoms with Crippen molar-refractivity contribution in [1.29, 1.82) is 0 Å².